The number of hydrogen-bond donors (Lipinski definition) is 1. The van der Waals surface area contributed by atoms with Gasteiger partial charge in [-0.1, -0.05) is 28.1 Å². The minimum absolute atomic E-state index is 0.276. The summed E-state index contributed by atoms with van der Waals surface area (Å²) in [6.45, 7) is 0. The molecule has 0 saturated carbocycles. The summed E-state index contributed by atoms with van der Waals surface area (Å²) < 4.78 is 40.6. The summed E-state index contributed by atoms with van der Waals surface area (Å²) >= 11 is 3.31. The largest absolute Gasteiger partial charge is 0.418 e. The number of hydrogen-bond acceptors (Lipinski definition) is 2. The molecule has 1 amide bonds. The van der Waals surface area contributed by atoms with E-state index in [1.165, 1.54) is 24.3 Å². The van der Waals surface area contributed by atoms with Gasteiger partial charge in [0.15, 0.2) is 0 Å². The van der Waals surface area contributed by atoms with Gasteiger partial charge in [0.1, 0.15) is 0 Å². The molecule has 0 unspecified atom stereocenters. The third kappa shape index (κ3) is 5.35. The maximum absolute atomic E-state index is 13.2. The van der Waals surface area contributed by atoms with Crippen LogP contribution in [0.2, 0.25) is 0 Å². The molecular formula is C18H16BrF3N2O. The van der Waals surface area contributed by atoms with Gasteiger partial charge in [-0.15, -0.1) is 0 Å². The van der Waals surface area contributed by atoms with Crippen LogP contribution >= 0.6 is 15.9 Å². The van der Waals surface area contributed by atoms with Crippen molar-refractivity contribution in [3.8, 4) is 0 Å². The zero-order chi connectivity index (χ0) is 18.6. The number of anilines is 2. The molecule has 0 aliphatic rings. The molecule has 0 aliphatic heterocycles. The fraction of sp³-hybridized carbons (Fsp3) is 0.167. The normalized spacial score (nSPS) is 11.6. The number of carbonyl (C=O) groups is 1. The number of alkyl halides is 3. The quantitative estimate of drug-likeness (QED) is 0.701. The predicted octanol–water partition coefficient (Wildman–Crippen LogP) is 5.19. The van der Waals surface area contributed by atoms with Crippen LogP contribution in [0.5, 0.6) is 0 Å². The minimum atomic E-state index is -4.57. The number of nitrogens with zero attached hydrogens (tertiary/aromatic N) is 1. The Balaban J connectivity index is 2.22. The number of carbonyl (C=O) groups excluding carboxylic acids is 1. The molecule has 2 aromatic rings. The molecule has 0 saturated heterocycles. The SMILES string of the molecule is CN(C)c1ccc(NC(=O)/C=C/c2cccc(Br)c2)c(C(F)(F)F)c1. The standard InChI is InChI=1S/C18H16BrF3N2O/c1-24(2)14-7-8-16(15(11-14)18(20,21)22)23-17(25)9-6-12-4-3-5-13(19)10-12/h3-11H,1-2H3,(H,23,25)/b9-6+. The second kappa shape index (κ2) is 7.74. The van der Waals surface area contributed by atoms with Crippen LogP contribution in [0.15, 0.2) is 53.0 Å². The zero-order valence-electron chi connectivity index (χ0n) is 13.6. The first-order valence-electron chi connectivity index (χ1n) is 7.30. The van der Waals surface area contributed by atoms with E-state index in [-0.39, 0.29) is 5.69 Å². The van der Waals surface area contributed by atoms with Gasteiger partial charge in [-0.05, 0) is 42.0 Å². The predicted molar refractivity (Wildman–Crippen MR) is 97.6 cm³/mol. The highest BCUT2D eigenvalue weighted by molar-refractivity contribution is 9.10. The summed E-state index contributed by atoms with van der Waals surface area (Å²) in [5.74, 6) is -0.636. The van der Waals surface area contributed by atoms with Crippen LogP contribution in [0.1, 0.15) is 11.1 Å². The smallest absolute Gasteiger partial charge is 0.378 e. The maximum atomic E-state index is 13.2. The van der Waals surface area contributed by atoms with Crippen molar-refractivity contribution >= 4 is 39.3 Å². The highest BCUT2D eigenvalue weighted by Crippen LogP contribution is 2.37. The molecule has 0 aliphatic carbocycles. The Morgan fingerprint density at radius 2 is 1.88 bits per heavy atom. The third-order valence-electron chi connectivity index (χ3n) is 3.36. The highest BCUT2D eigenvalue weighted by atomic mass is 79.9. The van der Waals surface area contributed by atoms with Gasteiger partial charge >= 0.3 is 6.18 Å². The van der Waals surface area contributed by atoms with Crippen LogP contribution in [0.4, 0.5) is 24.5 Å². The highest BCUT2D eigenvalue weighted by Gasteiger charge is 2.34. The molecule has 3 nitrogen and oxygen atoms in total. The van der Waals surface area contributed by atoms with Crippen molar-refractivity contribution in [2.45, 2.75) is 6.18 Å². The van der Waals surface area contributed by atoms with Crippen LogP contribution in [0.25, 0.3) is 6.08 Å². The van der Waals surface area contributed by atoms with Crippen molar-refractivity contribution in [1.82, 2.24) is 0 Å². The van der Waals surface area contributed by atoms with Crippen molar-refractivity contribution in [2.24, 2.45) is 0 Å². The first kappa shape index (κ1) is 19.1. The van der Waals surface area contributed by atoms with Crippen molar-refractivity contribution in [3.05, 3.63) is 64.1 Å². The van der Waals surface area contributed by atoms with E-state index in [2.05, 4.69) is 21.2 Å². The molecule has 2 rings (SSSR count). The van der Waals surface area contributed by atoms with E-state index in [1.54, 1.807) is 37.2 Å². The molecule has 7 heteroatoms. The Hall–Kier alpha value is -2.28. The summed E-state index contributed by atoms with van der Waals surface area (Å²) in [6, 6.07) is 11.0. The molecule has 0 atom stereocenters. The van der Waals surface area contributed by atoms with E-state index in [0.717, 1.165) is 16.1 Å². The molecule has 0 aromatic heterocycles. The van der Waals surface area contributed by atoms with Gasteiger partial charge in [-0.2, -0.15) is 13.2 Å². The summed E-state index contributed by atoms with van der Waals surface area (Å²) in [7, 11) is 3.29. The average Bonchev–Trinajstić information content (AvgIpc) is 2.52. The fourth-order valence-corrected chi connectivity index (χ4v) is 2.53. The molecule has 0 bridgehead atoms. The van der Waals surface area contributed by atoms with Gasteiger partial charge in [0, 0.05) is 30.3 Å². The number of rotatable bonds is 4. The van der Waals surface area contributed by atoms with Crippen LogP contribution in [-0.2, 0) is 11.0 Å². The molecule has 0 spiro atoms. The molecule has 25 heavy (non-hydrogen) atoms. The van der Waals surface area contributed by atoms with Crippen molar-refractivity contribution < 1.29 is 18.0 Å². The summed E-state index contributed by atoms with van der Waals surface area (Å²) in [4.78, 5) is 13.5. The molecule has 1 N–H and O–H groups in total. The Bertz CT molecular complexity index is 801. The molecule has 2 aromatic carbocycles. The van der Waals surface area contributed by atoms with E-state index in [9.17, 15) is 18.0 Å². The molecule has 0 radical (unpaired) electrons. The van der Waals surface area contributed by atoms with Crippen molar-refractivity contribution in [2.75, 3.05) is 24.3 Å². The van der Waals surface area contributed by atoms with E-state index >= 15 is 0 Å². The summed E-state index contributed by atoms with van der Waals surface area (Å²) in [5, 5.41) is 2.29. The first-order chi connectivity index (χ1) is 11.7. The Labute approximate surface area is 152 Å². The van der Waals surface area contributed by atoms with E-state index in [1.807, 2.05) is 6.07 Å². The number of halogens is 4. The van der Waals surface area contributed by atoms with Gasteiger partial charge in [0.25, 0.3) is 0 Å². The van der Waals surface area contributed by atoms with Crippen LogP contribution < -0.4 is 10.2 Å². The lowest BCUT2D eigenvalue weighted by atomic mass is 10.1. The summed E-state index contributed by atoms with van der Waals surface area (Å²) in [6.07, 6.45) is -1.84. The second-order valence-corrected chi connectivity index (χ2v) is 6.42. The fourth-order valence-electron chi connectivity index (χ4n) is 2.11. The number of benzene rings is 2. The monoisotopic (exact) mass is 412 g/mol. The zero-order valence-corrected chi connectivity index (χ0v) is 15.1. The Morgan fingerprint density at radius 3 is 2.48 bits per heavy atom. The van der Waals surface area contributed by atoms with Crippen molar-refractivity contribution in [1.29, 1.82) is 0 Å². The topological polar surface area (TPSA) is 32.3 Å². The first-order valence-corrected chi connectivity index (χ1v) is 8.09. The van der Waals surface area contributed by atoms with Gasteiger partial charge in [0.2, 0.25) is 5.91 Å². The molecule has 0 heterocycles. The Morgan fingerprint density at radius 1 is 1.16 bits per heavy atom. The lowest BCUT2D eigenvalue weighted by molar-refractivity contribution is -0.136. The van der Waals surface area contributed by atoms with E-state index in [4.69, 9.17) is 0 Å². The molecule has 0 fully saturated rings. The average molecular weight is 413 g/mol. The lowest BCUT2D eigenvalue weighted by Crippen LogP contribution is -2.16. The van der Waals surface area contributed by atoms with Crippen LogP contribution in [-0.4, -0.2) is 20.0 Å². The maximum Gasteiger partial charge on any atom is 0.418 e. The third-order valence-corrected chi connectivity index (χ3v) is 3.85. The summed E-state index contributed by atoms with van der Waals surface area (Å²) in [5.41, 5.74) is -0.0107. The number of nitrogens with one attached hydrogen (secondary N) is 1. The van der Waals surface area contributed by atoms with Crippen LogP contribution in [0.3, 0.4) is 0 Å². The second-order valence-electron chi connectivity index (χ2n) is 5.50. The Kier molecular flexibility index (Phi) is 5.89. The van der Waals surface area contributed by atoms with Crippen LogP contribution in [0, 0.1) is 0 Å². The van der Waals surface area contributed by atoms with E-state index in [0.29, 0.717) is 5.69 Å². The van der Waals surface area contributed by atoms with Gasteiger partial charge in [0.05, 0.1) is 11.3 Å². The number of amides is 1. The van der Waals surface area contributed by atoms with Gasteiger partial charge < -0.3 is 10.2 Å². The van der Waals surface area contributed by atoms with Crippen molar-refractivity contribution in [3.63, 3.8) is 0 Å². The molecular weight excluding hydrogens is 397 g/mol. The minimum Gasteiger partial charge on any atom is -0.378 e. The lowest BCUT2D eigenvalue weighted by Gasteiger charge is -2.18. The van der Waals surface area contributed by atoms with E-state index < -0.39 is 17.6 Å². The van der Waals surface area contributed by atoms with Gasteiger partial charge in [-0.3, -0.25) is 4.79 Å². The molecule has 132 valence electrons. The van der Waals surface area contributed by atoms with Gasteiger partial charge in [-0.25, -0.2) is 0 Å².